The molecule has 0 spiro atoms. The van der Waals surface area contributed by atoms with Crippen molar-refractivity contribution in [3.05, 3.63) is 0 Å². The summed E-state index contributed by atoms with van der Waals surface area (Å²) in [6, 6.07) is 0. The molecule has 0 heteroatoms. The molecule has 4 aliphatic rings. The summed E-state index contributed by atoms with van der Waals surface area (Å²) in [6.45, 7) is 12.9. The Balaban J connectivity index is 1.46. The molecule has 4 fully saturated rings. The van der Waals surface area contributed by atoms with Gasteiger partial charge in [-0.3, -0.25) is 0 Å². The maximum Gasteiger partial charge on any atom is -0.0264 e. The van der Waals surface area contributed by atoms with E-state index in [1.54, 1.807) is 51.4 Å². The smallest absolute Gasteiger partial charge is 0.0264 e. The monoisotopic (exact) mass is 372 g/mol. The number of hydrogen-bond acceptors (Lipinski definition) is 0. The van der Waals surface area contributed by atoms with Gasteiger partial charge in [0.15, 0.2) is 0 Å². The lowest BCUT2D eigenvalue weighted by Gasteiger charge is -2.61. The van der Waals surface area contributed by atoms with Crippen LogP contribution in [0.4, 0.5) is 0 Å². The van der Waals surface area contributed by atoms with Gasteiger partial charge in [0, 0.05) is 0 Å². The fourth-order valence-electron chi connectivity index (χ4n) is 9.32. The molecular formula is C27H48. The van der Waals surface area contributed by atoms with Crippen molar-refractivity contribution in [1.82, 2.24) is 0 Å². The van der Waals surface area contributed by atoms with E-state index in [9.17, 15) is 0 Å². The van der Waals surface area contributed by atoms with E-state index in [1.165, 1.54) is 32.1 Å². The van der Waals surface area contributed by atoms with Crippen molar-refractivity contribution in [2.24, 2.45) is 52.3 Å². The van der Waals surface area contributed by atoms with E-state index in [0.717, 1.165) is 41.4 Å². The van der Waals surface area contributed by atoms with Crippen LogP contribution in [0.15, 0.2) is 0 Å². The molecule has 8 atom stereocenters. The van der Waals surface area contributed by atoms with Crippen molar-refractivity contribution >= 4 is 0 Å². The lowest BCUT2D eigenvalue weighted by atomic mass is 9.44. The highest BCUT2D eigenvalue weighted by Gasteiger charge is 2.59. The average Bonchev–Trinajstić information content (AvgIpc) is 2.98. The molecule has 27 heavy (non-hydrogen) atoms. The second-order valence-corrected chi connectivity index (χ2v) is 12.4. The molecule has 4 aliphatic carbocycles. The lowest BCUT2D eigenvalue weighted by Crippen LogP contribution is -2.53. The SMILES string of the molecule is CC(C)CCC[C@H](C)[C@@H]1CC[C@H]2[C@H]3CC[C@H]4CCCC[C@]4(C)[C@@H]3CC[C@@]21C. The van der Waals surface area contributed by atoms with Crippen molar-refractivity contribution in [2.75, 3.05) is 0 Å². The molecule has 0 aromatic rings. The first-order valence-corrected chi connectivity index (χ1v) is 12.9. The van der Waals surface area contributed by atoms with Crippen LogP contribution in [0, 0.1) is 52.3 Å². The van der Waals surface area contributed by atoms with Gasteiger partial charge in [0.2, 0.25) is 0 Å². The molecule has 156 valence electrons. The molecule has 0 heterocycles. The van der Waals surface area contributed by atoms with Gasteiger partial charge in [0.25, 0.3) is 0 Å². The molecule has 4 rings (SSSR count). The van der Waals surface area contributed by atoms with Gasteiger partial charge in [-0.05, 0) is 104 Å². The van der Waals surface area contributed by atoms with E-state index in [4.69, 9.17) is 0 Å². The Bertz CT molecular complexity index is 506. The van der Waals surface area contributed by atoms with E-state index in [1.807, 2.05) is 0 Å². The van der Waals surface area contributed by atoms with Crippen LogP contribution in [0.1, 0.15) is 118 Å². The molecule has 4 saturated carbocycles. The first kappa shape index (κ1) is 20.3. The molecule has 0 bridgehead atoms. The highest BCUT2D eigenvalue weighted by molar-refractivity contribution is 5.09. The van der Waals surface area contributed by atoms with Gasteiger partial charge in [-0.25, -0.2) is 0 Å². The highest BCUT2D eigenvalue weighted by atomic mass is 14.6. The molecule has 0 aliphatic heterocycles. The molecular weight excluding hydrogens is 324 g/mol. The summed E-state index contributed by atoms with van der Waals surface area (Å²) in [4.78, 5) is 0. The Kier molecular flexibility index (Phi) is 5.77. The van der Waals surface area contributed by atoms with Crippen LogP contribution in [0.2, 0.25) is 0 Å². The van der Waals surface area contributed by atoms with Gasteiger partial charge in [-0.2, -0.15) is 0 Å². The van der Waals surface area contributed by atoms with Crippen LogP contribution in [-0.4, -0.2) is 0 Å². The molecule has 0 aromatic heterocycles. The van der Waals surface area contributed by atoms with Crippen LogP contribution < -0.4 is 0 Å². The zero-order chi connectivity index (χ0) is 19.2. The van der Waals surface area contributed by atoms with Crippen LogP contribution in [0.3, 0.4) is 0 Å². The lowest BCUT2D eigenvalue weighted by molar-refractivity contribution is -0.114. The number of fused-ring (bicyclic) bond motifs is 5. The molecule has 0 saturated heterocycles. The van der Waals surface area contributed by atoms with E-state index < -0.39 is 0 Å². The standard InChI is InChI=1S/C27H48/c1-19(2)9-8-10-20(3)23-14-15-24-22-13-12-21-11-6-7-17-26(21,4)25(22)16-18-27(23,24)5/h19-25H,6-18H2,1-5H3/t20-,21+,22+,23-,24-,25+,26-,27+/m0/s1. The van der Waals surface area contributed by atoms with Crippen LogP contribution in [0.25, 0.3) is 0 Å². The third kappa shape index (κ3) is 3.44. The maximum absolute atomic E-state index is 2.75. The van der Waals surface area contributed by atoms with E-state index in [0.29, 0.717) is 10.8 Å². The molecule has 0 radical (unpaired) electrons. The molecule has 0 unspecified atom stereocenters. The summed E-state index contributed by atoms with van der Waals surface area (Å²) in [5, 5.41) is 0. The summed E-state index contributed by atoms with van der Waals surface area (Å²) >= 11 is 0. The Morgan fingerprint density at radius 3 is 2.30 bits per heavy atom. The van der Waals surface area contributed by atoms with E-state index in [2.05, 4.69) is 34.6 Å². The van der Waals surface area contributed by atoms with Crippen LogP contribution in [0.5, 0.6) is 0 Å². The summed E-state index contributed by atoms with van der Waals surface area (Å²) in [5.74, 6) is 7.15. The van der Waals surface area contributed by atoms with Gasteiger partial charge in [-0.1, -0.05) is 66.7 Å². The minimum absolute atomic E-state index is 0.677. The maximum atomic E-state index is 2.75. The predicted octanol–water partition coefficient (Wildman–Crippen LogP) is 8.50. The Hall–Kier alpha value is 0. The van der Waals surface area contributed by atoms with Gasteiger partial charge in [-0.15, -0.1) is 0 Å². The summed E-state index contributed by atoms with van der Waals surface area (Å²) in [7, 11) is 0. The fraction of sp³-hybridized carbons (Fsp3) is 1.00. The number of rotatable bonds is 5. The second kappa shape index (κ2) is 7.68. The zero-order valence-electron chi connectivity index (χ0n) is 19.2. The third-order valence-electron chi connectivity index (χ3n) is 10.8. The van der Waals surface area contributed by atoms with Gasteiger partial charge < -0.3 is 0 Å². The second-order valence-electron chi connectivity index (χ2n) is 12.4. The van der Waals surface area contributed by atoms with Crippen molar-refractivity contribution < 1.29 is 0 Å². The topological polar surface area (TPSA) is 0 Å². The quantitative estimate of drug-likeness (QED) is 0.453. The predicted molar refractivity (Wildman–Crippen MR) is 118 cm³/mol. The third-order valence-corrected chi connectivity index (χ3v) is 10.8. The normalized spacial score (nSPS) is 48.0. The summed E-state index contributed by atoms with van der Waals surface area (Å²) < 4.78 is 0. The minimum atomic E-state index is 0.677. The molecule has 0 nitrogen and oxygen atoms in total. The zero-order valence-corrected chi connectivity index (χ0v) is 19.2. The van der Waals surface area contributed by atoms with Crippen molar-refractivity contribution in [3.63, 3.8) is 0 Å². The number of hydrogen-bond donors (Lipinski definition) is 0. The molecule has 0 N–H and O–H groups in total. The molecule has 0 amide bonds. The Morgan fingerprint density at radius 2 is 1.52 bits per heavy atom. The molecule has 0 aromatic carbocycles. The van der Waals surface area contributed by atoms with Crippen molar-refractivity contribution in [3.8, 4) is 0 Å². The van der Waals surface area contributed by atoms with Gasteiger partial charge >= 0.3 is 0 Å². The van der Waals surface area contributed by atoms with E-state index in [-0.39, 0.29) is 0 Å². The fourth-order valence-corrected chi connectivity index (χ4v) is 9.32. The first-order chi connectivity index (χ1) is 12.9. The van der Waals surface area contributed by atoms with Gasteiger partial charge in [0.1, 0.15) is 0 Å². The average molecular weight is 373 g/mol. The Labute approximate surface area is 170 Å². The summed E-state index contributed by atoms with van der Waals surface area (Å²) in [6.07, 6.45) is 19.9. The first-order valence-electron chi connectivity index (χ1n) is 12.9. The summed E-state index contributed by atoms with van der Waals surface area (Å²) in [5.41, 5.74) is 1.39. The van der Waals surface area contributed by atoms with Crippen LogP contribution >= 0.6 is 0 Å². The van der Waals surface area contributed by atoms with Gasteiger partial charge in [0.05, 0.1) is 0 Å². The van der Waals surface area contributed by atoms with Crippen molar-refractivity contribution in [2.45, 2.75) is 118 Å². The minimum Gasteiger partial charge on any atom is -0.0628 e. The van der Waals surface area contributed by atoms with E-state index >= 15 is 0 Å². The largest absolute Gasteiger partial charge is 0.0628 e. The Morgan fingerprint density at radius 1 is 0.741 bits per heavy atom. The van der Waals surface area contributed by atoms with Crippen LogP contribution in [-0.2, 0) is 0 Å². The van der Waals surface area contributed by atoms with Crippen molar-refractivity contribution in [1.29, 1.82) is 0 Å². The highest BCUT2D eigenvalue weighted by Crippen LogP contribution is 2.68.